The zero-order valence-electron chi connectivity index (χ0n) is 10.1. The smallest absolute Gasteiger partial charge is 0.237 e. The number of thioether (sulfide) groups is 1. The third-order valence-corrected chi connectivity index (χ3v) is 4.06. The molecule has 0 bridgehead atoms. The van der Waals surface area contributed by atoms with Gasteiger partial charge in [-0.3, -0.25) is 4.79 Å². The monoisotopic (exact) mass is 260 g/mol. The summed E-state index contributed by atoms with van der Waals surface area (Å²) in [5, 5.41) is 3.04. The third-order valence-electron chi connectivity index (χ3n) is 2.69. The second-order valence-corrected chi connectivity index (χ2v) is 5.39. The van der Waals surface area contributed by atoms with Gasteiger partial charge in [0, 0.05) is 11.3 Å². The number of rotatable bonds is 2. The number of benzene rings is 1. The van der Waals surface area contributed by atoms with Crippen LogP contribution in [0.3, 0.4) is 0 Å². The van der Waals surface area contributed by atoms with E-state index in [1.807, 2.05) is 24.3 Å². The van der Waals surface area contributed by atoms with Crippen molar-refractivity contribution in [2.45, 2.75) is 18.1 Å². The lowest BCUT2D eigenvalue weighted by Crippen LogP contribution is -2.22. The third kappa shape index (κ3) is 3.52. The summed E-state index contributed by atoms with van der Waals surface area (Å²) in [6, 6.07) is 7.55. The first-order chi connectivity index (χ1) is 8.79. The molecule has 1 aromatic rings. The fourth-order valence-corrected chi connectivity index (χ4v) is 3.00. The van der Waals surface area contributed by atoms with Crippen LogP contribution in [0.4, 0.5) is 5.69 Å². The minimum absolute atomic E-state index is 0.0986. The van der Waals surface area contributed by atoms with Crippen LogP contribution < -0.4 is 11.1 Å². The molecule has 4 heteroatoms. The molecule has 0 aromatic heterocycles. The summed E-state index contributed by atoms with van der Waals surface area (Å²) in [4.78, 5) is 12.0. The molecule has 0 saturated carbocycles. The molecule has 1 heterocycles. The zero-order chi connectivity index (χ0) is 12.8. The van der Waals surface area contributed by atoms with Gasteiger partial charge in [-0.05, 0) is 36.8 Å². The number of anilines is 1. The maximum atomic E-state index is 12.0. The lowest BCUT2D eigenvalue weighted by molar-refractivity contribution is -0.115. The molecule has 3 N–H and O–H groups in total. The Bertz CT molecular complexity index is 484. The van der Waals surface area contributed by atoms with Gasteiger partial charge in [0.05, 0.1) is 11.8 Å². The molecule has 3 nitrogen and oxygen atoms in total. The predicted molar refractivity (Wildman–Crippen MR) is 76.5 cm³/mol. The second-order valence-electron chi connectivity index (χ2n) is 4.08. The van der Waals surface area contributed by atoms with Crippen molar-refractivity contribution in [2.75, 3.05) is 17.6 Å². The van der Waals surface area contributed by atoms with Gasteiger partial charge >= 0.3 is 0 Å². The quantitative estimate of drug-likeness (QED) is 0.798. The molecule has 1 aromatic carbocycles. The number of hydrogen-bond acceptors (Lipinski definition) is 3. The average Bonchev–Trinajstić information content (AvgIpc) is 2.91. The van der Waals surface area contributed by atoms with Gasteiger partial charge in [-0.2, -0.15) is 0 Å². The molecule has 1 aliphatic heterocycles. The number of carbonyl (C=O) groups excluding carboxylic acids is 1. The highest BCUT2D eigenvalue weighted by atomic mass is 32.2. The Balaban J connectivity index is 2.02. The molecule has 2 rings (SSSR count). The lowest BCUT2D eigenvalue weighted by atomic mass is 10.2. The summed E-state index contributed by atoms with van der Waals surface area (Å²) in [6.07, 6.45) is 2.11. The Morgan fingerprint density at radius 2 is 2.44 bits per heavy atom. The van der Waals surface area contributed by atoms with E-state index in [0.717, 1.165) is 29.8 Å². The van der Waals surface area contributed by atoms with E-state index >= 15 is 0 Å². The van der Waals surface area contributed by atoms with Crippen LogP contribution in [0.5, 0.6) is 0 Å². The topological polar surface area (TPSA) is 55.1 Å². The van der Waals surface area contributed by atoms with Gasteiger partial charge in [-0.25, -0.2) is 0 Å². The van der Waals surface area contributed by atoms with Crippen LogP contribution in [0.15, 0.2) is 24.3 Å². The molecule has 94 valence electrons. The van der Waals surface area contributed by atoms with Gasteiger partial charge in [0.2, 0.25) is 5.91 Å². The summed E-state index contributed by atoms with van der Waals surface area (Å²) in [5.74, 6) is 6.94. The van der Waals surface area contributed by atoms with Crippen molar-refractivity contribution >= 4 is 23.4 Å². The van der Waals surface area contributed by atoms with E-state index in [0.29, 0.717) is 6.54 Å². The standard InChI is InChI=1S/C14H16N2OS/c15-8-2-5-11-4-1-6-12(10-11)16-14(17)13-7-3-9-18-13/h1,4,6,10,13H,3,7-9,15H2,(H,16,17). The SMILES string of the molecule is NCC#Cc1cccc(NC(=O)C2CCCS2)c1. The summed E-state index contributed by atoms with van der Waals surface area (Å²) in [6.45, 7) is 0.343. The molecule has 1 fully saturated rings. The normalized spacial score (nSPS) is 17.9. The van der Waals surface area contributed by atoms with E-state index in [4.69, 9.17) is 5.73 Å². The molecule has 0 aliphatic carbocycles. The van der Waals surface area contributed by atoms with Crippen molar-refractivity contribution in [3.05, 3.63) is 29.8 Å². The number of amides is 1. The van der Waals surface area contributed by atoms with E-state index < -0.39 is 0 Å². The van der Waals surface area contributed by atoms with Crippen molar-refractivity contribution in [3.8, 4) is 11.8 Å². The first kappa shape index (κ1) is 13.0. The number of nitrogens with one attached hydrogen (secondary N) is 1. The molecular weight excluding hydrogens is 244 g/mol. The van der Waals surface area contributed by atoms with Crippen molar-refractivity contribution in [1.82, 2.24) is 0 Å². The molecule has 0 radical (unpaired) electrons. The summed E-state index contributed by atoms with van der Waals surface area (Å²) < 4.78 is 0. The Hall–Kier alpha value is -1.44. The average molecular weight is 260 g/mol. The first-order valence-electron chi connectivity index (χ1n) is 6.01. The van der Waals surface area contributed by atoms with Crippen molar-refractivity contribution in [3.63, 3.8) is 0 Å². The highest BCUT2D eigenvalue weighted by Crippen LogP contribution is 2.27. The maximum Gasteiger partial charge on any atom is 0.237 e. The van der Waals surface area contributed by atoms with Gasteiger partial charge in [0.25, 0.3) is 0 Å². The van der Waals surface area contributed by atoms with E-state index in [-0.39, 0.29) is 11.2 Å². The van der Waals surface area contributed by atoms with Crippen molar-refractivity contribution < 1.29 is 4.79 Å². The van der Waals surface area contributed by atoms with E-state index in [2.05, 4.69) is 17.2 Å². The largest absolute Gasteiger partial charge is 0.325 e. The molecule has 1 aliphatic rings. The molecule has 18 heavy (non-hydrogen) atoms. The van der Waals surface area contributed by atoms with Gasteiger partial charge in [0.15, 0.2) is 0 Å². The molecule has 0 spiro atoms. The summed E-state index contributed by atoms with van der Waals surface area (Å²) in [7, 11) is 0. The van der Waals surface area contributed by atoms with E-state index in [1.165, 1.54) is 0 Å². The maximum absolute atomic E-state index is 12.0. The number of carbonyl (C=O) groups is 1. The molecular formula is C14H16N2OS. The Labute approximate surface area is 112 Å². The van der Waals surface area contributed by atoms with Crippen molar-refractivity contribution in [2.24, 2.45) is 5.73 Å². The van der Waals surface area contributed by atoms with Gasteiger partial charge < -0.3 is 11.1 Å². The van der Waals surface area contributed by atoms with Gasteiger partial charge in [0.1, 0.15) is 0 Å². The number of hydrogen-bond donors (Lipinski definition) is 2. The van der Waals surface area contributed by atoms with Crippen LogP contribution in [0, 0.1) is 11.8 Å². The molecule has 1 amide bonds. The van der Waals surface area contributed by atoms with E-state index in [9.17, 15) is 4.79 Å². The minimum atomic E-state index is 0.0986. The second kappa shape index (κ2) is 6.48. The van der Waals surface area contributed by atoms with Crippen LogP contribution >= 0.6 is 11.8 Å². The van der Waals surface area contributed by atoms with Crippen LogP contribution in [0.2, 0.25) is 0 Å². The van der Waals surface area contributed by atoms with Gasteiger partial charge in [-0.15, -0.1) is 11.8 Å². The highest BCUT2D eigenvalue weighted by molar-refractivity contribution is 8.00. The molecule has 1 saturated heterocycles. The fourth-order valence-electron chi connectivity index (χ4n) is 1.83. The van der Waals surface area contributed by atoms with Crippen molar-refractivity contribution in [1.29, 1.82) is 0 Å². The number of nitrogens with two attached hydrogens (primary N) is 1. The molecule has 1 unspecified atom stereocenters. The fraction of sp³-hybridized carbons (Fsp3) is 0.357. The van der Waals surface area contributed by atoms with Crippen LogP contribution in [0.25, 0.3) is 0 Å². The Morgan fingerprint density at radius 3 is 3.17 bits per heavy atom. The summed E-state index contributed by atoms with van der Waals surface area (Å²) >= 11 is 1.73. The molecule has 1 atom stereocenters. The van der Waals surface area contributed by atoms with E-state index in [1.54, 1.807) is 11.8 Å². The Kier molecular flexibility index (Phi) is 4.68. The predicted octanol–water partition coefficient (Wildman–Crippen LogP) is 1.83. The van der Waals surface area contributed by atoms with Gasteiger partial charge in [-0.1, -0.05) is 17.9 Å². The lowest BCUT2D eigenvalue weighted by Gasteiger charge is -2.09. The Morgan fingerprint density at radius 1 is 1.56 bits per heavy atom. The van der Waals surface area contributed by atoms with Crippen LogP contribution in [0.1, 0.15) is 18.4 Å². The zero-order valence-corrected chi connectivity index (χ0v) is 10.9. The highest BCUT2D eigenvalue weighted by Gasteiger charge is 2.23. The summed E-state index contributed by atoms with van der Waals surface area (Å²) in [5.41, 5.74) is 7.01. The van der Waals surface area contributed by atoms with Crippen LogP contribution in [-0.4, -0.2) is 23.5 Å². The van der Waals surface area contributed by atoms with Crippen LogP contribution in [-0.2, 0) is 4.79 Å². The minimum Gasteiger partial charge on any atom is -0.325 e. The first-order valence-corrected chi connectivity index (χ1v) is 7.06.